The minimum absolute atomic E-state index is 0.134. The maximum absolute atomic E-state index is 12.7. The molecule has 1 unspecified atom stereocenters. The summed E-state index contributed by atoms with van der Waals surface area (Å²) in [4.78, 5) is 29.6. The van der Waals surface area contributed by atoms with Crippen molar-refractivity contribution >= 4 is 22.9 Å². The Hall–Kier alpha value is -2.44. The largest absolute Gasteiger partial charge is 0.481 e. The van der Waals surface area contributed by atoms with Crippen LogP contribution in [0.25, 0.3) is 11.0 Å². The lowest BCUT2D eigenvalue weighted by molar-refractivity contribution is -0.141. The first-order valence-corrected chi connectivity index (χ1v) is 7.55. The van der Waals surface area contributed by atoms with Crippen LogP contribution in [0.2, 0.25) is 0 Å². The van der Waals surface area contributed by atoms with Gasteiger partial charge in [0, 0.05) is 25.3 Å². The van der Waals surface area contributed by atoms with Crippen molar-refractivity contribution in [1.29, 1.82) is 0 Å². The zero-order valence-electron chi connectivity index (χ0n) is 14.1. The number of amides is 1. The third-order valence-corrected chi connectivity index (χ3v) is 3.73. The smallest absolute Gasteiger partial charge is 0.308 e. The van der Waals surface area contributed by atoms with Gasteiger partial charge in [0.15, 0.2) is 5.65 Å². The summed E-state index contributed by atoms with van der Waals surface area (Å²) in [7, 11) is 1.61. The molecule has 2 aromatic heterocycles. The van der Waals surface area contributed by atoms with Crippen molar-refractivity contribution in [3.63, 3.8) is 0 Å². The summed E-state index contributed by atoms with van der Waals surface area (Å²) in [5.74, 6) is -1.77. The number of fused-ring (bicyclic) bond motifs is 1. The van der Waals surface area contributed by atoms with E-state index in [1.165, 1.54) is 4.90 Å². The average molecular weight is 318 g/mol. The van der Waals surface area contributed by atoms with Gasteiger partial charge in [-0.3, -0.25) is 9.59 Å². The summed E-state index contributed by atoms with van der Waals surface area (Å²) < 4.78 is 1.78. The number of aliphatic carboxylic acids is 1. The molecule has 0 aliphatic heterocycles. The number of carboxylic acid groups (broad SMARTS) is 1. The van der Waals surface area contributed by atoms with E-state index in [0.29, 0.717) is 16.6 Å². The second-order valence-corrected chi connectivity index (χ2v) is 6.16. The number of carbonyl (C=O) groups is 2. The van der Waals surface area contributed by atoms with Crippen LogP contribution in [0.3, 0.4) is 0 Å². The number of hydrogen-bond donors (Lipinski definition) is 1. The Morgan fingerprint density at radius 1 is 1.35 bits per heavy atom. The molecule has 1 atom stereocenters. The Balaban J connectivity index is 2.42. The molecule has 0 aliphatic carbocycles. The summed E-state index contributed by atoms with van der Waals surface area (Å²) >= 11 is 0. The molecule has 2 heterocycles. The third kappa shape index (κ3) is 3.33. The minimum atomic E-state index is -0.923. The van der Waals surface area contributed by atoms with E-state index >= 15 is 0 Å². The van der Waals surface area contributed by atoms with E-state index in [1.807, 2.05) is 20.8 Å². The molecule has 0 radical (unpaired) electrons. The van der Waals surface area contributed by atoms with Crippen molar-refractivity contribution in [3.05, 3.63) is 23.5 Å². The lowest BCUT2D eigenvalue weighted by atomic mass is 10.1. The van der Waals surface area contributed by atoms with Gasteiger partial charge in [-0.05, 0) is 26.8 Å². The van der Waals surface area contributed by atoms with Crippen LogP contribution >= 0.6 is 0 Å². The highest BCUT2D eigenvalue weighted by Crippen LogP contribution is 2.22. The number of carboxylic acids is 1. The molecule has 0 bridgehead atoms. The first kappa shape index (κ1) is 16.9. The standard InChI is InChI=1S/C16H22N4O3/c1-9(2)20-14-13(7-17-20)12(6-11(4)18-14)15(21)19(5)8-10(3)16(22)23/h6-7,9-10H,8H2,1-5H3,(H,22,23). The number of rotatable bonds is 5. The normalized spacial score (nSPS) is 12.6. The summed E-state index contributed by atoms with van der Waals surface area (Å²) in [6.07, 6.45) is 1.64. The second kappa shape index (κ2) is 6.36. The maximum atomic E-state index is 12.7. The SMILES string of the molecule is Cc1cc(C(=O)N(C)CC(C)C(=O)O)c2cnn(C(C)C)c2n1. The molecule has 1 amide bonds. The quantitative estimate of drug-likeness (QED) is 0.912. The van der Waals surface area contributed by atoms with Crippen molar-refractivity contribution < 1.29 is 14.7 Å². The van der Waals surface area contributed by atoms with Gasteiger partial charge in [0.2, 0.25) is 0 Å². The Morgan fingerprint density at radius 2 is 2.00 bits per heavy atom. The van der Waals surface area contributed by atoms with Gasteiger partial charge >= 0.3 is 5.97 Å². The Morgan fingerprint density at radius 3 is 2.57 bits per heavy atom. The van der Waals surface area contributed by atoms with E-state index in [-0.39, 0.29) is 18.5 Å². The van der Waals surface area contributed by atoms with E-state index in [4.69, 9.17) is 5.11 Å². The Bertz CT molecular complexity index is 751. The predicted molar refractivity (Wildman–Crippen MR) is 86.4 cm³/mol. The molecular formula is C16H22N4O3. The Kier molecular flexibility index (Phi) is 4.68. The van der Waals surface area contributed by atoms with Gasteiger partial charge in [0.1, 0.15) is 0 Å². The van der Waals surface area contributed by atoms with Crippen molar-refractivity contribution in [1.82, 2.24) is 19.7 Å². The first-order chi connectivity index (χ1) is 10.7. The molecule has 2 aromatic rings. The van der Waals surface area contributed by atoms with Gasteiger partial charge in [0.05, 0.1) is 23.1 Å². The van der Waals surface area contributed by atoms with Crippen LogP contribution in [0.5, 0.6) is 0 Å². The number of aryl methyl sites for hydroxylation is 1. The number of pyridine rings is 1. The van der Waals surface area contributed by atoms with E-state index in [1.54, 1.807) is 30.9 Å². The first-order valence-electron chi connectivity index (χ1n) is 7.55. The summed E-state index contributed by atoms with van der Waals surface area (Å²) in [6, 6.07) is 1.85. The number of carbonyl (C=O) groups excluding carboxylic acids is 1. The van der Waals surface area contributed by atoms with Crippen LogP contribution in [0, 0.1) is 12.8 Å². The highest BCUT2D eigenvalue weighted by Gasteiger charge is 2.22. The second-order valence-electron chi connectivity index (χ2n) is 6.16. The number of aromatic nitrogens is 3. The van der Waals surface area contributed by atoms with E-state index in [9.17, 15) is 9.59 Å². The summed E-state index contributed by atoms with van der Waals surface area (Å²) in [5, 5.41) is 14.0. The molecule has 1 N–H and O–H groups in total. The van der Waals surface area contributed by atoms with Gasteiger partial charge in [-0.1, -0.05) is 6.92 Å². The molecule has 0 saturated heterocycles. The predicted octanol–water partition coefficient (Wildman–Crippen LogP) is 2.11. The molecule has 7 heteroatoms. The van der Waals surface area contributed by atoms with Crippen molar-refractivity contribution in [2.24, 2.45) is 5.92 Å². The molecule has 124 valence electrons. The third-order valence-electron chi connectivity index (χ3n) is 3.73. The highest BCUT2D eigenvalue weighted by atomic mass is 16.4. The van der Waals surface area contributed by atoms with Gasteiger partial charge in [0.25, 0.3) is 5.91 Å². The van der Waals surface area contributed by atoms with Crippen LogP contribution in [0.4, 0.5) is 0 Å². The number of hydrogen-bond acceptors (Lipinski definition) is 4. The molecule has 0 spiro atoms. The van der Waals surface area contributed by atoms with E-state index < -0.39 is 11.9 Å². The summed E-state index contributed by atoms with van der Waals surface area (Å²) in [5.41, 5.74) is 1.89. The molecule has 7 nitrogen and oxygen atoms in total. The fraction of sp³-hybridized carbons (Fsp3) is 0.500. The molecule has 23 heavy (non-hydrogen) atoms. The monoisotopic (exact) mass is 318 g/mol. The van der Waals surface area contributed by atoms with Crippen LogP contribution in [0.15, 0.2) is 12.3 Å². The highest BCUT2D eigenvalue weighted by molar-refractivity contribution is 6.05. The van der Waals surface area contributed by atoms with E-state index in [2.05, 4.69) is 10.1 Å². The molecule has 0 saturated carbocycles. The van der Waals surface area contributed by atoms with E-state index in [0.717, 1.165) is 5.69 Å². The Labute approximate surface area is 134 Å². The lowest BCUT2D eigenvalue weighted by Crippen LogP contribution is -2.33. The zero-order chi connectivity index (χ0) is 17.3. The van der Waals surface area contributed by atoms with Gasteiger partial charge in [-0.2, -0.15) is 5.10 Å². The van der Waals surface area contributed by atoms with Crippen LogP contribution < -0.4 is 0 Å². The average Bonchev–Trinajstić information content (AvgIpc) is 2.88. The van der Waals surface area contributed by atoms with Gasteiger partial charge < -0.3 is 10.0 Å². The van der Waals surface area contributed by atoms with Gasteiger partial charge in [-0.25, -0.2) is 9.67 Å². The molecule has 0 aliphatic rings. The minimum Gasteiger partial charge on any atom is -0.481 e. The van der Waals surface area contributed by atoms with Gasteiger partial charge in [-0.15, -0.1) is 0 Å². The topological polar surface area (TPSA) is 88.3 Å². The zero-order valence-corrected chi connectivity index (χ0v) is 14.1. The van der Waals surface area contributed by atoms with Crippen molar-refractivity contribution in [2.45, 2.75) is 33.7 Å². The van der Waals surface area contributed by atoms with Crippen LogP contribution in [0.1, 0.15) is 42.9 Å². The maximum Gasteiger partial charge on any atom is 0.308 e. The summed E-state index contributed by atoms with van der Waals surface area (Å²) in [6.45, 7) is 7.55. The van der Waals surface area contributed by atoms with Crippen molar-refractivity contribution in [2.75, 3.05) is 13.6 Å². The molecule has 2 rings (SSSR count). The molecule has 0 aromatic carbocycles. The van der Waals surface area contributed by atoms with Crippen LogP contribution in [-0.2, 0) is 4.79 Å². The molecule has 0 fully saturated rings. The van der Waals surface area contributed by atoms with Crippen LogP contribution in [-0.4, -0.2) is 50.2 Å². The fourth-order valence-corrected chi connectivity index (χ4v) is 2.48. The lowest BCUT2D eigenvalue weighted by Gasteiger charge is -2.20. The number of nitrogens with zero attached hydrogens (tertiary/aromatic N) is 4. The van der Waals surface area contributed by atoms with Crippen molar-refractivity contribution in [3.8, 4) is 0 Å². The molecular weight excluding hydrogens is 296 g/mol. The fourth-order valence-electron chi connectivity index (χ4n) is 2.48.